The van der Waals surface area contributed by atoms with E-state index in [1.54, 1.807) is 19.2 Å². The standard InChI is InChI=1S/C16H22N4O3S/c1-5-12-9-8-10-13(6-2)14(12)24(22,23)15-17-11-20(18-15)16(21)19(4)7-3/h8-11H,5-7H2,1-4H3. The zero-order valence-corrected chi connectivity index (χ0v) is 15.2. The fraction of sp³-hybridized carbons (Fsp3) is 0.438. The molecule has 24 heavy (non-hydrogen) atoms. The summed E-state index contributed by atoms with van der Waals surface area (Å²) in [6.45, 7) is 6.11. The van der Waals surface area contributed by atoms with Gasteiger partial charge in [-0.15, -0.1) is 5.10 Å². The number of aryl methyl sites for hydroxylation is 2. The highest BCUT2D eigenvalue weighted by Crippen LogP contribution is 2.26. The summed E-state index contributed by atoms with van der Waals surface area (Å²) >= 11 is 0. The van der Waals surface area contributed by atoms with E-state index >= 15 is 0 Å². The minimum absolute atomic E-state index is 0.254. The fourth-order valence-electron chi connectivity index (χ4n) is 2.40. The minimum atomic E-state index is -3.88. The molecule has 0 fully saturated rings. The summed E-state index contributed by atoms with van der Waals surface area (Å²) < 4.78 is 27.0. The van der Waals surface area contributed by atoms with Crippen molar-refractivity contribution in [1.29, 1.82) is 0 Å². The molecule has 8 heteroatoms. The van der Waals surface area contributed by atoms with E-state index in [-0.39, 0.29) is 10.1 Å². The number of rotatable bonds is 5. The number of carbonyl (C=O) groups is 1. The van der Waals surface area contributed by atoms with Crippen molar-refractivity contribution in [2.45, 2.75) is 43.7 Å². The molecule has 0 saturated carbocycles. The third kappa shape index (κ3) is 3.19. The second-order valence-electron chi connectivity index (χ2n) is 5.38. The second kappa shape index (κ2) is 7.12. The Kier molecular flexibility index (Phi) is 5.38. The Morgan fingerprint density at radius 3 is 2.25 bits per heavy atom. The SMILES string of the molecule is CCc1cccc(CC)c1S(=O)(=O)c1ncn(C(=O)N(C)CC)n1. The topological polar surface area (TPSA) is 85.2 Å². The molecule has 0 bridgehead atoms. The third-order valence-corrected chi connectivity index (χ3v) is 5.65. The molecule has 0 saturated heterocycles. The van der Waals surface area contributed by atoms with Gasteiger partial charge in [0.05, 0.1) is 4.90 Å². The Hall–Kier alpha value is -2.22. The minimum Gasteiger partial charge on any atom is -0.326 e. The number of hydrogen-bond acceptors (Lipinski definition) is 5. The molecule has 1 heterocycles. The predicted molar refractivity (Wildman–Crippen MR) is 89.8 cm³/mol. The molecule has 7 nitrogen and oxygen atoms in total. The van der Waals surface area contributed by atoms with Gasteiger partial charge < -0.3 is 4.90 Å². The summed E-state index contributed by atoms with van der Waals surface area (Å²) in [6.07, 6.45) is 2.31. The van der Waals surface area contributed by atoms with Crippen molar-refractivity contribution in [3.8, 4) is 0 Å². The number of sulfone groups is 1. The van der Waals surface area contributed by atoms with Gasteiger partial charge in [0.25, 0.3) is 5.16 Å². The molecule has 0 atom stereocenters. The monoisotopic (exact) mass is 350 g/mol. The fourth-order valence-corrected chi connectivity index (χ4v) is 4.08. The Morgan fingerprint density at radius 1 is 1.17 bits per heavy atom. The zero-order valence-electron chi connectivity index (χ0n) is 14.4. The highest BCUT2D eigenvalue weighted by Gasteiger charge is 2.28. The van der Waals surface area contributed by atoms with Crippen molar-refractivity contribution in [2.24, 2.45) is 0 Å². The van der Waals surface area contributed by atoms with E-state index in [0.717, 1.165) is 22.1 Å². The predicted octanol–water partition coefficient (Wildman–Crippen LogP) is 2.16. The summed E-state index contributed by atoms with van der Waals surface area (Å²) in [5.41, 5.74) is 1.45. The van der Waals surface area contributed by atoms with Crippen molar-refractivity contribution >= 4 is 15.9 Å². The number of carbonyl (C=O) groups excluding carboxylic acids is 1. The Bertz CT molecular complexity index is 821. The molecule has 1 aromatic heterocycles. The highest BCUT2D eigenvalue weighted by atomic mass is 32.2. The van der Waals surface area contributed by atoms with E-state index in [1.807, 2.05) is 26.8 Å². The van der Waals surface area contributed by atoms with Crippen LogP contribution in [-0.4, -0.2) is 47.7 Å². The van der Waals surface area contributed by atoms with Crippen LogP contribution in [0.2, 0.25) is 0 Å². The Morgan fingerprint density at radius 2 is 1.75 bits per heavy atom. The number of aromatic nitrogens is 3. The summed E-state index contributed by atoms with van der Waals surface area (Å²) in [5.74, 6) is 0. The smallest absolute Gasteiger partial charge is 0.326 e. The zero-order chi connectivity index (χ0) is 17.9. The summed E-state index contributed by atoms with van der Waals surface area (Å²) in [7, 11) is -2.27. The lowest BCUT2D eigenvalue weighted by atomic mass is 10.1. The van der Waals surface area contributed by atoms with Crippen LogP contribution in [0.5, 0.6) is 0 Å². The molecule has 130 valence electrons. The number of benzene rings is 1. The molecule has 2 rings (SSSR count). The lowest BCUT2D eigenvalue weighted by Gasteiger charge is -2.13. The highest BCUT2D eigenvalue weighted by molar-refractivity contribution is 7.91. The summed E-state index contributed by atoms with van der Waals surface area (Å²) in [6, 6.07) is 5.01. The lowest BCUT2D eigenvalue weighted by Crippen LogP contribution is -2.31. The molecular formula is C16H22N4O3S. The maximum atomic E-state index is 13.0. The van der Waals surface area contributed by atoms with Gasteiger partial charge in [0, 0.05) is 13.6 Å². The van der Waals surface area contributed by atoms with E-state index in [1.165, 1.54) is 4.90 Å². The lowest BCUT2D eigenvalue weighted by molar-refractivity contribution is 0.209. The van der Waals surface area contributed by atoms with Gasteiger partial charge in [-0.25, -0.2) is 18.2 Å². The molecule has 1 amide bonds. The average molecular weight is 350 g/mol. The van der Waals surface area contributed by atoms with Gasteiger partial charge in [0.15, 0.2) is 0 Å². The van der Waals surface area contributed by atoms with Crippen molar-refractivity contribution < 1.29 is 13.2 Å². The van der Waals surface area contributed by atoms with Crippen molar-refractivity contribution in [3.63, 3.8) is 0 Å². The van der Waals surface area contributed by atoms with Gasteiger partial charge in [0.1, 0.15) is 6.33 Å². The molecular weight excluding hydrogens is 328 g/mol. The van der Waals surface area contributed by atoms with Crippen molar-refractivity contribution in [1.82, 2.24) is 19.7 Å². The van der Waals surface area contributed by atoms with E-state index < -0.39 is 15.9 Å². The van der Waals surface area contributed by atoms with Crippen LogP contribution in [-0.2, 0) is 22.7 Å². The third-order valence-electron chi connectivity index (χ3n) is 3.92. The van der Waals surface area contributed by atoms with Gasteiger partial charge in [-0.2, -0.15) is 4.68 Å². The quantitative estimate of drug-likeness (QED) is 0.825. The van der Waals surface area contributed by atoms with Crippen LogP contribution in [0.25, 0.3) is 0 Å². The average Bonchev–Trinajstić information content (AvgIpc) is 3.10. The molecule has 0 unspecified atom stereocenters. The first-order valence-electron chi connectivity index (χ1n) is 7.89. The number of hydrogen-bond donors (Lipinski definition) is 0. The molecule has 0 aliphatic carbocycles. The van der Waals surface area contributed by atoms with E-state index in [4.69, 9.17) is 0 Å². The molecule has 0 spiro atoms. The first-order valence-corrected chi connectivity index (χ1v) is 9.38. The summed E-state index contributed by atoms with van der Waals surface area (Å²) in [4.78, 5) is 17.6. The van der Waals surface area contributed by atoms with Crippen LogP contribution in [0.15, 0.2) is 34.6 Å². The molecule has 1 aromatic carbocycles. The second-order valence-corrected chi connectivity index (χ2v) is 7.16. The molecule has 0 aliphatic heterocycles. The van der Waals surface area contributed by atoms with Crippen molar-refractivity contribution in [2.75, 3.05) is 13.6 Å². The maximum Gasteiger partial charge on any atom is 0.345 e. The molecule has 0 aliphatic rings. The van der Waals surface area contributed by atoms with E-state index in [0.29, 0.717) is 19.4 Å². The van der Waals surface area contributed by atoms with Crippen LogP contribution in [0.3, 0.4) is 0 Å². The Balaban J connectivity index is 2.54. The van der Waals surface area contributed by atoms with Gasteiger partial charge in [-0.05, 0) is 30.9 Å². The normalized spacial score (nSPS) is 11.5. The van der Waals surface area contributed by atoms with Crippen molar-refractivity contribution in [3.05, 3.63) is 35.7 Å². The largest absolute Gasteiger partial charge is 0.345 e. The van der Waals surface area contributed by atoms with E-state index in [9.17, 15) is 13.2 Å². The van der Waals surface area contributed by atoms with Gasteiger partial charge in [0.2, 0.25) is 9.84 Å². The molecule has 2 aromatic rings. The van der Waals surface area contributed by atoms with Crippen LogP contribution >= 0.6 is 0 Å². The van der Waals surface area contributed by atoms with Crippen LogP contribution in [0, 0.1) is 0 Å². The van der Waals surface area contributed by atoms with Gasteiger partial charge >= 0.3 is 6.03 Å². The maximum absolute atomic E-state index is 13.0. The Labute approximate surface area is 142 Å². The van der Waals surface area contributed by atoms with Gasteiger partial charge in [-0.1, -0.05) is 32.0 Å². The molecule has 0 radical (unpaired) electrons. The van der Waals surface area contributed by atoms with E-state index in [2.05, 4.69) is 10.1 Å². The first kappa shape index (κ1) is 18.1. The van der Waals surface area contributed by atoms with Crippen LogP contribution in [0.4, 0.5) is 4.79 Å². The van der Waals surface area contributed by atoms with Gasteiger partial charge in [-0.3, -0.25) is 0 Å². The van der Waals surface area contributed by atoms with Crippen LogP contribution < -0.4 is 0 Å². The number of nitrogens with zero attached hydrogens (tertiary/aromatic N) is 4. The first-order chi connectivity index (χ1) is 11.4. The number of amides is 1. The summed E-state index contributed by atoms with van der Waals surface area (Å²) in [5, 5.41) is 3.55. The molecule has 0 N–H and O–H groups in total. The van der Waals surface area contributed by atoms with Crippen LogP contribution in [0.1, 0.15) is 31.9 Å².